The largest absolute Gasteiger partial charge is 0.444 e. The summed E-state index contributed by atoms with van der Waals surface area (Å²) in [5.74, 6) is 0. The number of benzene rings is 1. The number of nitrogens with zero attached hydrogens (tertiary/aromatic N) is 1. The molecule has 1 heterocycles. The Hall–Kier alpha value is -0.780. The van der Waals surface area contributed by atoms with Crippen LogP contribution in [-0.2, 0) is 4.74 Å². The first-order chi connectivity index (χ1) is 9.29. The molecule has 1 fully saturated rings. The van der Waals surface area contributed by atoms with Crippen LogP contribution in [0.3, 0.4) is 0 Å². The number of halogens is 1. The Balaban J connectivity index is 2.23. The average Bonchev–Trinajstić information content (AvgIpc) is 2.79. The average molecular weight is 387 g/mol. The minimum atomic E-state index is -0.440. The van der Waals surface area contributed by atoms with Crippen molar-refractivity contribution in [2.24, 2.45) is 0 Å². The van der Waals surface area contributed by atoms with E-state index in [1.165, 1.54) is 14.7 Å². The second-order valence-electron chi connectivity index (χ2n) is 6.29. The van der Waals surface area contributed by atoms with Crippen molar-refractivity contribution in [3.63, 3.8) is 0 Å². The highest BCUT2D eigenvalue weighted by Crippen LogP contribution is 2.35. The quantitative estimate of drug-likeness (QED) is 0.656. The van der Waals surface area contributed by atoms with Crippen molar-refractivity contribution in [3.8, 4) is 0 Å². The van der Waals surface area contributed by atoms with E-state index in [9.17, 15) is 4.79 Å². The third kappa shape index (κ3) is 3.45. The topological polar surface area (TPSA) is 29.5 Å². The molecule has 0 bridgehead atoms. The van der Waals surface area contributed by atoms with Crippen molar-refractivity contribution in [1.82, 2.24) is 4.90 Å². The van der Waals surface area contributed by atoms with E-state index in [-0.39, 0.29) is 12.1 Å². The number of carbonyl (C=O) groups is 1. The number of amides is 1. The first-order valence-corrected chi connectivity index (χ1v) is 8.12. The van der Waals surface area contributed by atoms with Crippen molar-refractivity contribution in [3.05, 3.63) is 32.9 Å². The molecule has 1 aliphatic rings. The Morgan fingerprint density at radius 2 is 2.10 bits per heavy atom. The Kier molecular flexibility index (Phi) is 4.62. The molecule has 2 rings (SSSR count). The molecule has 1 saturated heterocycles. The van der Waals surface area contributed by atoms with Crippen LogP contribution in [0.4, 0.5) is 4.79 Å². The van der Waals surface area contributed by atoms with E-state index in [0.717, 1.165) is 19.4 Å². The van der Waals surface area contributed by atoms with Crippen LogP contribution in [0.1, 0.15) is 50.8 Å². The molecule has 1 unspecified atom stereocenters. The molecule has 0 radical (unpaired) electrons. The van der Waals surface area contributed by atoms with E-state index in [1.807, 2.05) is 25.7 Å². The van der Waals surface area contributed by atoms with Gasteiger partial charge in [-0.05, 0) is 80.3 Å². The van der Waals surface area contributed by atoms with Gasteiger partial charge in [-0.15, -0.1) is 0 Å². The molecule has 1 aromatic rings. The summed E-state index contributed by atoms with van der Waals surface area (Å²) in [5.41, 5.74) is 2.08. The third-order valence-corrected chi connectivity index (χ3v) is 4.72. The zero-order chi connectivity index (χ0) is 14.9. The molecule has 0 saturated carbocycles. The van der Waals surface area contributed by atoms with Gasteiger partial charge in [0, 0.05) is 10.1 Å². The van der Waals surface area contributed by atoms with Crippen LogP contribution >= 0.6 is 22.6 Å². The highest BCUT2D eigenvalue weighted by atomic mass is 127. The highest BCUT2D eigenvalue weighted by molar-refractivity contribution is 14.1. The van der Waals surface area contributed by atoms with Gasteiger partial charge < -0.3 is 9.64 Å². The maximum absolute atomic E-state index is 12.3. The zero-order valence-corrected chi connectivity index (χ0v) is 14.7. The lowest BCUT2D eigenvalue weighted by atomic mass is 9.99. The number of hydrogen-bond acceptors (Lipinski definition) is 2. The van der Waals surface area contributed by atoms with Crippen LogP contribution in [0.15, 0.2) is 18.2 Å². The summed E-state index contributed by atoms with van der Waals surface area (Å²) in [7, 11) is 0. The fraction of sp³-hybridized carbons (Fsp3) is 0.562. The standard InChI is InChI=1S/C16H22INO2/c1-11-12(7-5-8-13(11)17)14-9-6-10-18(14)15(19)20-16(2,3)4/h5,7-8,14H,6,9-10H2,1-4H3. The van der Waals surface area contributed by atoms with Crippen LogP contribution in [0.5, 0.6) is 0 Å². The molecule has 1 aliphatic heterocycles. The molecule has 1 aromatic carbocycles. The molecule has 110 valence electrons. The van der Waals surface area contributed by atoms with Crippen molar-refractivity contribution >= 4 is 28.7 Å². The summed E-state index contributed by atoms with van der Waals surface area (Å²) in [6, 6.07) is 6.45. The second kappa shape index (κ2) is 5.92. The highest BCUT2D eigenvalue weighted by Gasteiger charge is 2.33. The van der Waals surface area contributed by atoms with Crippen LogP contribution in [0.25, 0.3) is 0 Å². The van der Waals surface area contributed by atoms with Gasteiger partial charge in [-0.1, -0.05) is 12.1 Å². The van der Waals surface area contributed by atoms with Crippen molar-refractivity contribution in [2.75, 3.05) is 6.54 Å². The van der Waals surface area contributed by atoms with Gasteiger partial charge in [0.25, 0.3) is 0 Å². The minimum Gasteiger partial charge on any atom is -0.444 e. The van der Waals surface area contributed by atoms with Gasteiger partial charge in [0.05, 0.1) is 6.04 Å². The van der Waals surface area contributed by atoms with Crippen LogP contribution in [0, 0.1) is 10.5 Å². The maximum Gasteiger partial charge on any atom is 0.410 e. The first-order valence-electron chi connectivity index (χ1n) is 7.04. The molecule has 20 heavy (non-hydrogen) atoms. The van der Waals surface area contributed by atoms with Gasteiger partial charge in [0.2, 0.25) is 0 Å². The fourth-order valence-corrected chi connectivity index (χ4v) is 3.13. The molecular weight excluding hydrogens is 365 g/mol. The van der Waals surface area contributed by atoms with Crippen molar-refractivity contribution < 1.29 is 9.53 Å². The predicted molar refractivity (Wildman–Crippen MR) is 88.8 cm³/mol. The number of hydrogen-bond donors (Lipinski definition) is 0. The van der Waals surface area contributed by atoms with E-state index < -0.39 is 5.60 Å². The smallest absolute Gasteiger partial charge is 0.410 e. The molecular formula is C16H22INO2. The lowest BCUT2D eigenvalue weighted by Crippen LogP contribution is -2.36. The van der Waals surface area contributed by atoms with Gasteiger partial charge in [-0.3, -0.25) is 0 Å². The summed E-state index contributed by atoms with van der Waals surface area (Å²) in [4.78, 5) is 14.2. The fourth-order valence-electron chi connectivity index (χ4n) is 2.61. The molecule has 0 aromatic heterocycles. The van der Waals surface area contributed by atoms with Crippen molar-refractivity contribution in [2.45, 2.75) is 52.2 Å². The van der Waals surface area contributed by atoms with Gasteiger partial charge in [-0.2, -0.15) is 0 Å². The molecule has 4 heteroatoms. The van der Waals surface area contributed by atoms with Gasteiger partial charge in [-0.25, -0.2) is 4.79 Å². The summed E-state index contributed by atoms with van der Waals surface area (Å²) in [6.45, 7) is 8.64. The second-order valence-corrected chi connectivity index (χ2v) is 7.45. The van der Waals surface area contributed by atoms with E-state index in [4.69, 9.17) is 4.74 Å². The summed E-state index contributed by atoms with van der Waals surface area (Å²) in [5, 5.41) is 0. The van der Waals surface area contributed by atoms with E-state index in [2.05, 4.69) is 47.7 Å². The first kappa shape index (κ1) is 15.6. The number of rotatable bonds is 1. The molecule has 0 N–H and O–H groups in total. The monoisotopic (exact) mass is 387 g/mol. The Morgan fingerprint density at radius 1 is 1.40 bits per heavy atom. The van der Waals surface area contributed by atoms with Crippen LogP contribution in [-0.4, -0.2) is 23.1 Å². The molecule has 1 amide bonds. The van der Waals surface area contributed by atoms with Crippen LogP contribution in [0.2, 0.25) is 0 Å². The Labute approximate surface area is 134 Å². The van der Waals surface area contributed by atoms with E-state index >= 15 is 0 Å². The summed E-state index contributed by atoms with van der Waals surface area (Å²) < 4.78 is 6.78. The van der Waals surface area contributed by atoms with E-state index in [1.54, 1.807) is 0 Å². The Morgan fingerprint density at radius 3 is 2.75 bits per heavy atom. The van der Waals surface area contributed by atoms with Crippen molar-refractivity contribution in [1.29, 1.82) is 0 Å². The molecule has 3 nitrogen and oxygen atoms in total. The number of likely N-dealkylation sites (tertiary alicyclic amines) is 1. The maximum atomic E-state index is 12.3. The molecule has 1 atom stereocenters. The molecule has 0 aliphatic carbocycles. The third-order valence-electron chi connectivity index (χ3n) is 3.55. The van der Waals surface area contributed by atoms with Crippen LogP contribution < -0.4 is 0 Å². The summed E-state index contributed by atoms with van der Waals surface area (Å²) >= 11 is 2.35. The lowest BCUT2D eigenvalue weighted by Gasteiger charge is -2.29. The zero-order valence-electron chi connectivity index (χ0n) is 12.6. The van der Waals surface area contributed by atoms with E-state index in [0.29, 0.717) is 0 Å². The predicted octanol–water partition coefficient (Wildman–Crippen LogP) is 4.67. The summed E-state index contributed by atoms with van der Waals surface area (Å²) in [6.07, 6.45) is 1.85. The minimum absolute atomic E-state index is 0.152. The Bertz CT molecular complexity index is 508. The van der Waals surface area contributed by atoms with Gasteiger partial charge in [0.15, 0.2) is 0 Å². The van der Waals surface area contributed by atoms with Gasteiger partial charge in [0.1, 0.15) is 5.60 Å². The van der Waals surface area contributed by atoms with Gasteiger partial charge >= 0.3 is 6.09 Å². The number of carbonyl (C=O) groups excluding carboxylic acids is 1. The normalized spacial score (nSPS) is 19.2. The molecule has 0 spiro atoms. The lowest BCUT2D eigenvalue weighted by molar-refractivity contribution is 0.0224. The SMILES string of the molecule is Cc1c(I)cccc1C1CCCN1C(=O)OC(C)(C)C. The number of ether oxygens (including phenoxy) is 1.